The van der Waals surface area contributed by atoms with Gasteiger partial charge in [0.15, 0.2) is 0 Å². The highest BCUT2D eigenvalue weighted by molar-refractivity contribution is 5.96. The Labute approximate surface area is 191 Å². The van der Waals surface area contributed by atoms with Crippen LogP contribution in [0.1, 0.15) is 53.0 Å². The first kappa shape index (κ1) is 22.5. The van der Waals surface area contributed by atoms with Crippen molar-refractivity contribution in [3.05, 3.63) is 65.0 Å². The Morgan fingerprint density at radius 2 is 1.75 bits per heavy atom. The number of amides is 2. The summed E-state index contributed by atoms with van der Waals surface area (Å²) in [5.41, 5.74) is 3.74. The lowest BCUT2D eigenvalue weighted by molar-refractivity contribution is -0.121. The molecule has 2 unspecified atom stereocenters. The lowest BCUT2D eigenvalue weighted by Crippen LogP contribution is -2.35. The van der Waals surface area contributed by atoms with Crippen LogP contribution in [-0.2, 0) is 4.79 Å². The van der Waals surface area contributed by atoms with E-state index in [2.05, 4.69) is 27.3 Å². The van der Waals surface area contributed by atoms with Gasteiger partial charge in [0.1, 0.15) is 0 Å². The molecule has 2 aliphatic heterocycles. The molecule has 0 bridgehead atoms. The number of nitrogens with zero attached hydrogens (tertiary/aromatic N) is 3. The monoisotopic (exact) mass is 434 g/mol. The molecule has 1 aromatic carbocycles. The summed E-state index contributed by atoms with van der Waals surface area (Å²) in [5.74, 6) is 1.26. The molecule has 2 aromatic rings. The van der Waals surface area contributed by atoms with Gasteiger partial charge in [-0.05, 0) is 49.3 Å². The van der Waals surface area contributed by atoms with Crippen LogP contribution >= 0.6 is 0 Å². The zero-order valence-corrected chi connectivity index (χ0v) is 19.4. The Morgan fingerprint density at radius 1 is 1.06 bits per heavy atom. The number of carbonyl (C=O) groups excluding carboxylic acids is 2. The predicted molar refractivity (Wildman–Crippen MR) is 125 cm³/mol. The number of rotatable bonds is 7. The summed E-state index contributed by atoms with van der Waals surface area (Å²) >= 11 is 0. The number of pyridine rings is 1. The number of likely N-dealkylation sites (tertiary alicyclic amines) is 2. The second-order valence-electron chi connectivity index (χ2n) is 9.25. The number of aromatic nitrogens is 1. The van der Waals surface area contributed by atoms with Gasteiger partial charge in [0.2, 0.25) is 5.91 Å². The van der Waals surface area contributed by atoms with E-state index in [4.69, 9.17) is 0 Å². The topological polar surface area (TPSA) is 65.5 Å². The van der Waals surface area contributed by atoms with Crippen LogP contribution in [0.4, 0.5) is 0 Å². The van der Waals surface area contributed by atoms with Gasteiger partial charge in [0, 0.05) is 45.3 Å². The molecule has 2 fully saturated rings. The molecule has 2 saturated heterocycles. The molecule has 2 aliphatic rings. The molecular formula is C26H34N4O2. The minimum absolute atomic E-state index is 0.0405. The summed E-state index contributed by atoms with van der Waals surface area (Å²) < 4.78 is 0. The predicted octanol–water partition coefficient (Wildman–Crippen LogP) is 3.36. The largest absolute Gasteiger partial charge is 0.349 e. The number of hydrogen-bond donors (Lipinski definition) is 1. The average molecular weight is 435 g/mol. The number of fused-ring (bicyclic) bond motifs is 1. The Kier molecular flexibility index (Phi) is 6.89. The van der Waals surface area contributed by atoms with Crippen LogP contribution in [0.3, 0.4) is 0 Å². The fourth-order valence-corrected chi connectivity index (χ4v) is 5.23. The highest BCUT2D eigenvalue weighted by Gasteiger charge is 2.42. The third-order valence-electron chi connectivity index (χ3n) is 7.00. The van der Waals surface area contributed by atoms with Gasteiger partial charge in [-0.1, -0.05) is 37.3 Å². The fourth-order valence-electron chi connectivity index (χ4n) is 5.23. The summed E-state index contributed by atoms with van der Waals surface area (Å²) in [6.45, 7) is 10.4. The van der Waals surface area contributed by atoms with E-state index in [-0.39, 0.29) is 17.9 Å². The molecule has 32 heavy (non-hydrogen) atoms. The number of carbonyl (C=O) groups is 2. The SMILES string of the molecule is CCC(=O)N[C@@H](CCN1CC2CN(C(=O)c3c(C)ccnc3C)CC2C1)c1ccccc1. The van der Waals surface area contributed by atoms with Crippen molar-refractivity contribution in [1.29, 1.82) is 0 Å². The Morgan fingerprint density at radius 3 is 2.38 bits per heavy atom. The van der Waals surface area contributed by atoms with Gasteiger partial charge in [0.05, 0.1) is 17.3 Å². The van der Waals surface area contributed by atoms with Crippen LogP contribution in [0.5, 0.6) is 0 Å². The zero-order valence-electron chi connectivity index (χ0n) is 19.4. The Bertz CT molecular complexity index is 927. The van der Waals surface area contributed by atoms with Crippen LogP contribution in [0.25, 0.3) is 0 Å². The molecule has 3 heterocycles. The number of aryl methyl sites for hydroxylation is 2. The quantitative estimate of drug-likeness (QED) is 0.726. The lowest BCUT2D eigenvalue weighted by atomic mass is 10.0. The summed E-state index contributed by atoms with van der Waals surface area (Å²) in [4.78, 5) is 34.0. The van der Waals surface area contributed by atoms with Crippen LogP contribution in [0, 0.1) is 25.7 Å². The van der Waals surface area contributed by atoms with E-state index in [0.717, 1.165) is 61.5 Å². The summed E-state index contributed by atoms with van der Waals surface area (Å²) in [7, 11) is 0. The van der Waals surface area contributed by atoms with Crippen molar-refractivity contribution in [2.24, 2.45) is 11.8 Å². The molecule has 0 spiro atoms. The van der Waals surface area contributed by atoms with Crippen molar-refractivity contribution in [2.75, 3.05) is 32.7 Å². The van der Waals surface area contributed by atoms with Crippen molar-refractivity contribution in [3.63, 3.8) is 0 Å². The maximum Gasteiger partial charge on any atom is 0.255 e. The third-order valence-corrected chi connectivity index (χ3v) is 7.00. The van der Waals surface area contributed by atoms with Crippen LogP contribution < -0.4 is 5.32 Å². The molecule has 0 aliphatic carbocycles. The molecule has 1 aromatic heterocycles. The van der Waals surface area contributed by atoms with E-state index in [1.54, 1.807) is 6.20 Å². The van der Waals surface area contributed by atoms with Gasteiger partial charge in [-0.3, -0.25) is 14.6 Å². The van der Waals surface area contributed by atoms with Gasteiger partial charge >= 0.3 is 0 Å². The van der Waals surface area contributed by atoms with Crippen molar-refractivity contribution in [2.45, 2.75) is 39.7 Å². The van der Waals surface area contributed by atoms with Gasteiger partial charge in [0.25, 0.3) is 5.91 Å². The van der Waals surface area contributed by atoms with E-state index in [1.165, 1.54) is 0 Å². The summed E-state index contributed by atoms with van der Waals surface area (Å²) in [5, 5.41) is 3.18. The minimum Gasteiger partial charge on any atom is -0.349 e. The zero-order chi connectivity index (χ0) is 22.7. The Balaban J connectivity index is 1.33. The van der Waals surface area contributed by atoms with E-state index in [9.17, 15) is 9.59 Å². The minimum atomic E-state index is 0.0405. The molecule has 170 valence electrons. The van der Waals surface area contributed by atoms with E-state index in [0.29, 0.717) is 18.3 Å². The normalized spacial score (nSPS) is 21.4. The lowest BCUT2D eigenvalue weighted by Gasteiger charge is -2.25. The first-order valence-corrected chi connectivity index (χ1v) is 11.7. The molecular weight excluding hydrogens is 400 g/mol. The maximum atomic E-state index is 13.1. The van der Waals surface area contributed by atoms with Crippen LogP contribution in [0.2, 0.25) is 0 Å². The molecule has 0 saturated carbocycles. The molecule has 4 rings (SSSR count). The first-order chi connectivity index (χ1) is 15.5. The fraction of sp³-hybridized carbons (Fsp3) is 0.500. The van der Waals surface area contributed by atoms with Gasteiger partial charge in [-0.25, -0.2) is 0 Å². The maximum absolute atomic E-state index is 13.1. The van der Waals surface area contributed by atoms with Gasteiger partial charge in [-0.2, -0.15) is 0 Å². The number of hydrogen-bond acceptors (Lipinski definition) is 4. The molecule has 6 nitrogen and oxygen atoms in total. The number of nitrogens with one attached hydrogen (secondary N) is 1. The highest BCUT2D eigenvalue weighted by Crippen LogP contribution is 2.33. The number of benzene rings is 1. The third kappa shape index (κ3) is 4.85. The van der Waals surface area contributed by atoms with Crippen molar-refractivity contribution < 1.29 is 9.59 Å². The molecule has 3 atom stereocenters. The molecule has 1 N–H and O–H groups in total. The molecule has 2 amide bonds. The van der Waals surface area contributed by atoms with E-state index in [1.807, 2.05) is 49.9 Å². The van der Waals surface area contributed by atoms with Crippen LogP contribution in [0.15, 0.2) is 42.6 Å². The van der Waals surface area contributed by atoms with Crippen molar-refractivity contribution in [1.82, 2.24) is 20.1 Å². The van der Waals surface area contributed by atoms with Gasteiger partial charge in [-0.15, -0.1) is 0 Å². The standard InChI is InChI=1S/C26H34N4O2/c1-4-24(31)28-23(20-8-6-5-7-9-20)11-13-29-14-21-16-30(17-22(21)15-29)26(32)25-18(2)10-12-27-19(25)3/h5-10,12,21-23H,4,11,13-17H2,1-3H3,(H,28,31)/t21?,22?,23-/m0/s1. The Hall–Kier alpha value is -2.73. The van der Waals surface area contributed by atoms with Crippen molar-refractivity contribution >= 4 is 11.8 Å². The molecule has 0 radical (unpaired) electrons. The highest BCUT2D eigenvalue weighted by atomic mass is 16.2. The average Bonchev–Trinajstić information content (AvgIpc) is 3.36. The smallest absolute Gasteiger partial charge is 0.255 e. The second kappa shape index (κ2) is 9.82. The second-order valence-corrected chi connectivity index (χ2v) is 9.25. The molecule has 6 heteroatoms. The van der Waals surface area contributed by atoms with E-state index < -0.39 is 0 Å². The summed E-state index contributed by atoms with van der Waals surface area (Å²) in [6, 6.07) is 12.2. The van der Waals surface area contributed by atoms with Crippen molar-refractivity contribution in [3.8, 4) is 0 Å². The summed E-state index contributed by atoms with van der Waals surface area (Å²) in [6.07, 6.45) is 3.16. The van der Waals surface area contributed by atoms with Crippen LogP contribution in [-0.4, -0.2) is 59.3 Å². The first-order valence-electron chi connectivity index (χ1n) is 11.7. The van der Waals surface area contributed by atoms with Gasteiger partial charge < -0.3 is 15.1 Å². The van der Waals surface area contributed by atoms with E-state index >= 15 is 0 Å².